The van der Waals surface area contributed by atoms with E-state index in [-0.39, 0.29) is 0 Å². The Morgan fingerprint density at radius 1 is 1.26 bits per heavy atom. The highest BCUT2D eigenvalue weighted by Crippen LogP contribution is 2.25. The fraction of sp³-hybridized carbons (Fsp3) is 0.111. The van der Waals surface area contributed by atoms with Gasteiger partial charge in [0.1, 0.15) is 11.5 Å². The smallest absolute Gasteiger partial charge is 0.139 e. The molecule has 0 saturated carbocycles. The summed E-state index contributed by atoms with van der Waals surface area (Å²) in [6.45, 7) is 0. The van der Waals surface area contributed by atoms with Crippen LogP contribution in [0.3, 0.4) is 0 Å². The fourth-order valence-corrected chi connectivity index (χ4v) is 2.91. The Morgan fingerprint density at radius 2 is 2.17 bits per heavy atom. The zero-order valence-electron chi connectivity index (χ0n) is 12.2. The number of benzene rings is 1. The molecule has 1 aliphatic carbocycles. The molecule has 3 N–H and O–H groups in total. The minimum Gasteiger partial charge on any atom is -0.383 e. The first-order valence-corrected chi connectivity index (χ1v) is 7.70. The monoisotopic (exact) mass is 320 g/mol. The highest BCUT2D eigenvalue weighted by atomic mass is 35.5. The first kappa shape index (κ1) is 13.9. The summed E-state index contributed by atoms with van der Waals surface area (Å²) < 4.78 is 0. The molecule has 0 unspecified atom stereocenters. The molecule has 0 spiro atoms. The lowest BCUT2D eigenvalue weighted by molar-refractivity contribution is 0.970. The zero-order valence-corrected chi connectivity index (χ0v) is 13.0. The van der Waals surface area contributed by atoms with Crippen molar-refractivity contribution in [3.05, 3.63) is 57.9 Å². The fourth-order valence-electron chi connectivity index (χ4n) is 2.75. The molecule has 1 aromatic carbocycles. The van der Waals surface area contributed by atoms with Gasteiger partial charge < -0.3 is 5.73 Å². The number of nitrogen functional groups attached to an aromatic ring is 1. The maximum atomic E-state index is 6.03. The number of allylic oxidation sites excluding steroid dienone is 1. The number of aromatic amines is 1. The molecule has 0 bridgehead atoms. The maximum Gasteiger partial charge on any atom is 0.139 e. The summed E-state index contributed by atoms with van der Waals surface area (Å²) in [5.41, 5.74) is 10.6. The van der Waals surface area contributed by atoms with Crippen LogP contribution in [0.5, 0.6) is 0 Å². The second-order valence-corrected chi connectivity index (χ2v) is 5.84. The molecule has 0 fully saturated rings. The van der Waals surface area contributed by atoms with Gasteiger partial charge in [-0.3, -0.25) is 5.10 Å². The molecule has 0 radical (unpaired) electrons. The van der Waals surface area contributed by atoms with Crippen molar-refractivity contribution in [2.24, 2.45) is 0 Å². The third-order valence-electron chi connectivity index (χ3n) is 3.93. The number of aryl methyl sites for hydroxylation is 1. The van der Waals surface area contributed by atoms with Crippen LogP contribution in [0, 0.1) is 11.8 Å². The van der Waals surface area contributed by atoms with E-state index < -0.39 is 0 Å². The van der Waals surface area contributed by atoms with Crippen molar-refractivity contribution in [3.8, 4) is 11.8 Å². The molecule has 0 amide bonds. The summed E-state index contributed by atoms with van der Waals surface area (Å²) in [7, 11) is 0. The van der Waals surface area contributed by atoms with Crippen LogP contribution in [0.1, 0.15) is 28.8 Å². The Hall–Kier alpha value is -2.77. The number of H-pyrrole nitrogens is 1. The maximum absolute atomic E-state index is 6.03. The van der Waals surface area contributed by atoms with E-state index in [9.17, 15) is 0 Å². The predicted octanol–water partition coefficient (Wildman–Crippen LogP) is 3.55. The summed E-state index contributed by atoms with van der Waals surface area (Å²) in [5.74, 6) is 6.74. The number of hydrogen-bond donors (Lipinski definition) is 2. The van der Waals surface area contributed by atoms with Crippen LogP contribution in [0.15, 0.2) is 30.5 Å². The Labute approximate surface area is 138 Å². The van der Waals surface area contributed by atoms with E-state index in [0.29, 0.717) is 10.8 Å². The van der Waals surface area contributed by atoms with Crippen LogP contribution >= 0.6 is 11.6 Å². The Bertz CT molecular complexity index is 1010. The normalized spacial score (nSPS) is 12.7. The van der Waals surface area contributed by atoms with Gasteiger partial charge in [0.2, 0.25) is 0 Å². The third-order valence-corrected chi connectivity index (χ3v) is 4.16. The van der Waals surface area contributed by atoms with Gasteiger partial charge in [0.05, 0.1) is 11.1 Å². The minimum absolute atomic E-state index is 0.453. The first-order chi connectivity index (χ1) is 11.2. The molecular formula is C18H13ClN4. The highest BCUT2D eigenvalue weighted by Gasteiger charge is 2.12. The van der Waals surface area contributed by atoms with E-state index in [1.807, 2.05) is 24.4 Å². The lowest BCUT2D eigenvalue weighted by Crippen LogP contribution is -2.03. The Morgan fingerprint density at radius 3 is 3.09 bits per heavy atom. The number of halogens is 1. The number of anilines is 1. The molecule has 4 rings (SSSR count). The van der Waals surface area contributed by atoms with Crippen molar-refractivity contribution in [2.45, 2.75) is 12.8 Å². The lowest BCUT2D eigenvalue weighted by atomic mass is 9.95. The molecule has 0 aliphatic heterocycles. The van der Waals surface area contributed by atoms with Crippen LogP contribution in [0.25, 0.3) is 17.0 Å². The average molecular weight is 321 g/mol. The van der Waals surface area contributed by atoms with E-state index in [2.05, 4.69) is 39.2 Å². The van der Waals surface area contributed by atoms with Crippen molar-refractivity contribution in [1.29, 1.82) is 0 Å². The molecule has 5 heteroatoms. The molecule has 0 atom stereocenters. The lowest BCUT2D eigenvalue weighted by Gasteiger charge is -2.12. The van der Waals surface area contributed by atoms with Crippen molar-refractivity contribution in [2.75, 3.05) is 5.73 Å². The van der Waals surface area contributed by atoms with Crippen LogP contribution < -0.4 is 5.73 Å². The van der Waals surface area contributed by atoms with Gasteiger partial charge in [-0.05, 0) is 48.1 Å². The third kappa shape index (κ3) is 2.45. The van der Waals surface area contributed by atoms with Gasteiger partial charge in [-0.2, -0.15) is 5.10 Å². The van der Waals surface area contributed by atoms with Crippen LogP contribution in [0.4, 0.5) is 5.82 Å². The van der Waals surface area contributed by atoms with Gasteiger partial charge in [0.15, 0.2) is 0 Å². The van der Waals surface area contributed by atoms with E-state index in [4.69, 9.17) is 17.3 Å². The summed E-state index contributed by atoms with van der Waals surface area (Å²) in [5, 5.41) is 8.77. The summed E-state index contributed by atoms with van der Waals surface area (Å²) >= 11 is 5.98. The standard InChI is InChI=1S/C18H13ClN4/c19-12-5-6-15-16(22-23-17(15)9-12)8-7-14-13-4-2-1-3-11(13)10-21-18(14)20/h2,4-6,9-10H,1,3H2,(H2,20,21)(H,22,23). The summed E-state index contributed by atoms with van der Waals surface area (Å²) in [6.07, 6.45) is 8.05. The Kier molecular flexibility index (Phi) is 3.29. The van der Waals surface area contributed by atoms with Gasteiger partial charge in [-0.25, -0.2) is 4.98 Å². The van der Waals surface area contributed by atoms with Gasteiger partial charge in [0, 0.05) is 16.6 Å². The number of nitrogens with one attached hydrogen (secondary N) is 1. The van der Waals surface area contributed by atoms with Crippen molar-refractivity contribution < 1.29 is 0 Å². The molecular weight excluding hydrogens is 308 g/mol. The first-order valence-electron chi connectivity index (χ1n) is 7.32. The van der Waals surface area contributed by atoms with Crippen molar-refractivity contribution >= 4 is 34.4 Å². The summed E-state index contributed by atoms with van der Waals surface area (Å²) in [6, 6.07) is 5.54. The van der Waals surface area contributed by atoms with Crippen LogP contribution in [-0.4, -0.2) is 15.2 Å². The zero-order chi connectivity index (χ0) is 15.8. The van der Waals surface area contributed by atoms with Gasteiger partial charge >= 0.3 is 0 Å². The van der Waals surface area contributed by atoms with Crippen LogP contribution in [-0.2, 0) is 6.42 Å². The molecule has 1 aliphatic rings. The van der Waals surface area contributed by atoms with E-state index in [0.717, 1.165) is 40.6 Å². The molecule has 0 saturated heterocycles. The van der Waals surface area contributed by atoms with E-state index in [1.54, 1.807) is 0 Å². The molecule has 4 nitrogen and oxygen atoms in total. The quantitative estimate of drug-likeness (QED) is 0.622. The van der Waals surface area contributed by atoms with Gasteiger partial charge in [-0.1, -0.05) is 29.7 Å². The molecule has 112 valence electrons. The molecule has 23 heavy (non-hydrogen) atoms. The van der Waals surface area contributed by atoms with Gasteiger partial charge in [-0.15, -0.1) is 0 Å². The molecule has 3 aromatic rings. The Balaban J connectivity index is 1.83. The molecule has 2 heterocycles. The number of rotatable bonds is 0. The summed E-state index contributed by atoms with van der Waals surface area (Å²) in [4.78, 5) is 4.26. The number of fused-ring (bicyclic) bond motifs is 2. The number of pyridine rings is 1. The van der Waals surface area contributed by atoms with E-state index >= 15 is 0 Å². The minimum atomic E-state index is 0.453. The number of hydrogen-bond acceptors (Lipinski definition) is 3. The second-order valence-electron chi connectivity index (χ2n) is 5.41. The highest BCUT2D eigenvalue weighted by molar-refractivity contribution is 6.31. The SMILES string of the molecule is Nc1ncc2c(c1C#Cc1[nH]nc3cc(Cl)ccc13)C=CCC2. The number of nitrogens with two attached hydrogens (primary N) is 1. The average Bonchev–Trinajstić information content (AvgIpc) is 2.96. The predicted molar refractivity (Wildman–Crippen MR) is 93.1 cm³/mol. The van der Waals surface area contributed by atoms with Crippen molar-refractivity contribution in [3.63, 3.8) is 0 Å². The number of nitrogens with zero attached hydrogens (tertiary/aromatic N) is 2. The molecule has 2 aromatic heterocycles. The van der Waals surface area contributed by atoms with Crippen LogP contribution in [0.2, 0.25) is 5.02 Å². The largest absolute Gasteiger partial charge is 0.383 e. The topological polar surface area (TPSA) is 67.6 Å². The van der Waals surface area contributed by atoms with E-state index in [1.165, 1.54) is 5.56 Å². The second kappa shape index (κ2) is 5.45. The van der Waals surface area contributed by atoms with Gasteiger partial charge in [0.25, 0.3) is 0 Å². The van der Waals surface area contributed by atoms with Crippen molar-refractivity contribution in [1.82, 2.24) is 15.2 Å². The number of aromatic nitrogens is 3.